The number of hydrogen-bond acceptors (Lipinski definition) is 4. The number of carbonyl (C=O) groups is 1. The van der Waals surface area contributed by atoms with Crippen molar-refractivity contribution in [3.63, 3.8) is 0 Å². The van der Waals surface area contributed by atoms with Gasteiger partial charge in [-0.25, -0.2) is 13.1 Å². The number of halogens is 1. The Hall–Kier alpha value is -0.920. The van der Waals surface area contributed by atoms with Gasteiger partial charge in [-0.2, -0.15) is 0 Å². The zero-order chi connectivity index (χ0) is 14.3. The highest BCUT2D eigenvalue weighted by Crippen LogP contribution is 2.07. The molecule has 0 aliphatic rings. The molecule has 5 nitrogen and oxygen atoms in total. The average Bonchev–Trinajstić information content (AvgIpc) is 2.37. The van der Waals surface area contributed by atoms with Gasteiger partial charge in [-0.1, -0.05) is 46.3 Å². The summed E-state index contributed by atoms with van der Waals surface area (Å²) >= 11 is 3.18. The minimum absolute atomic E-state index is 0.163. The number of methoxy groups -OCH3 is 1. The van der Waals surface area contributed by atoms with Crippen LogP contribution in [-0.2, 0) is 25.3 Å². The maximum atomic E-state index is 12.0. The summed E-state index contributed by atoms with van der Waals surface area (Å²) in [5.41, 5.74) is 0.664. The predicted octanol–water partition coefficient (Wildman–Crippen LogP) is 1.43. The van der Waals surface area contributed by atoms with Crippen molar-refractivity contribution in [3.05, 3.63) is 35.9 Å². The zero-order valence-corrected chi connectivity index (χ0v) is 12.9. The highest BCUT2D eigenvalue weighted by molar-refractivity contribution is 9.09. The number of benzene rings is 1. The van der Waals surface area contributed by atoms with Gasteiger partial charge < -0.3 is 4.74 Å². The number of carbonyl (C=O) groups excluding carboxylic acids is 1. The first-order valence-electron chi connectivity index (χ1n) is 5.66. The fourth-order valence-electron chi connectivity index (χ4n) is 1.53. The monoisotopic (exact) mass is 349 g/mol. The van der Waals surface area contributed by atoms with Gasteiger partial charge in [-0.15, -0.1) is 0 Å². The highest BCUT2D eigenvalue weighted by atomic mass is 79.9. The molecule has 0 aromatic heterocycles. The average molecular weight is 350 g/mol. The van der Waals surface area contributed by atoms with Crippen molar-refractivity contribution in [1.29, 1.82) is 0 Å². The van der Waals surface area contributed by atoms with Crippen molar-refractivity contribution in [2.24, 2.45) is 0 Å². The van der Waals surface area contributed by atoms with Crippen LogP contribution in [-0.4, -0.2) is 32.9 Å². The summed E-state index contributed by atoms with van der Waals surface area (Å²) in [4.78, 5) is 11.5. The number of alkyl halides is 1. The van der Waals surface area contributed by atoms with Crippen LogP contribution < -0.4 is 4.72 Å². The van der Waals surface area contributed by atoms with Crippen LogP contribution in [0.15, 0.2) is 30.3 Å². The molecule has 0 unspecified atom stereocenters. The largest absolute Gasteiger partial charge is 0.468 e. The van der Waals surface area contributed by atoms with E-state index in [9.17, 15) is 13.2 Å². The van der Waals surface area contributed by atoms with Crippen LogP contribution in [0, 0.1) is 0 Å². The van der Waals surface area contributed by atoms with E-state index in [0.29, 0.717) is 17.3 Å². The first-order chi connectivity index (χ1) is 8.98. The molecule has 1 aromatic carbocycles. The normalized spacial score (nSPS) is 12.9. The van der Waals surface area contributed by atoms with E-state index in [1.165, 1.54) is 7.11 Å². The Labute approximate surface area is 121 Å². The molecule has 1 atom stereocenters. The number of esters is 1. The Kier molecular flexibility index (Phi) is 6.47. The molecule has 19 heavy (non-hydrogen) atoms. The molecule has 0 aliphatic carbocycles. The second-order valence-corrected chi connectivity index (χ2v) is 6.46. The van der Waals surface area contributed by atoms with Crippen molar-refractivity contribution >= 4 is 31.9 Å². The summed E-state index contributed by atoms with van der Waals surface area (Å²) in [6.45, 7) is 0. The molecule has 0 radical (unpaired) electrons. The second kappa shape index (κ2) is 7.62. The summed E-state index contributed by atoms with van der Waals surface area (Å²) < 4.78 is 30.9. The van der Waals surface area contributed by atoms with Gasteiger partial charge in [0.2, 0.25) is 10.0 Å². The SMILES string of the molecule is COC(=O)[C@@H](CCBr)NS(=O)(=O)Cc1ccccc1. The first-order valence-corrected chi connectivity index (χ1v) is 8.43. The lowest BCUT2D eigenvalue weighted by molar-refractivity contribution is -0.142. The third-order valence-electron chi connectivity index (χ3n) is 2.40. The first kappa shape index (κ1) is 16.1. The van der Waals surface area contributed by atoms with Gasteiger partial charge in [0.25, 0.3) is 0 Å². The molecular weight excluding hydrogens is 334 g/mol. The summed E-state index contributed by atoms with van der Waals surface area (Å²) in [5, 5.41) is 0.501. The minimum Gasteiger partial charge on any atom is -0.468 e. The molecule has 0 spiro atoms. The third kappa shape index (κ3) is 5.71. The molecule has 1 N–H and O–H groups in total. The predicted molar refractivity (Wildman–Crippen MR) is 76.4 cm³/mol. The zero-order valence-electron chi connectivity index (χ0n) is 10.5. The van der Waals surface area contributed by atoms with Crippen LogP contribution in [0.1, 0.15) is 12.0 Å². The van der Waals surface area contributed by atoms with E-state index in [0.717, 1.165) is 0 Å². The number of rotatable bonds is 7. The van der Waals surface area contributed by atoms with Gasteiger partial charge >= 0.3 is 5.97 Å². The second-order valence-electron chi connectivity index (χ2n) is 3.92. The lowest BCUT2D eigenvalue weighted by Gasteiger charge is -2.15. The molecule has 1 aromatic rings. The number of ether oxygens (including phenoxy) is 1. The van der Waals surface area contributed by atoms with Gasteiger partial charge in [0, 0.05) is 5.33 Å². The van der Waals surface area contributed by atoms with Crippen molar-refractivity contribution in [3.8, 4) is 0 Å². The lowest BCUT2D eigenvalue weighted by atomic mass is 10.2. The Morgan fingerprint density at radius 3 is 2.53 bits per heavy atom. The van der Waals surface area contributed by atoms with E-state index >= 15 is 0 Å². The van der Waals surface area contributed by atoms with Gasteiger partial charge in [0.05, 0.1) is 12.9 Å². The molecule has 0 fully saturated rings. The van der Waals surface area contributed by atoms with E-state index in [-0.39, 0.29) is 5.75 Å². The van der Waals surface area contributed by atoms with E-state index in [4.69, 9.17) is 0 Å². The molecule has 0 saturated heterocycles. The van der Waals surface area contributed by atoms with E-state index in [2.05, 4.69) is 25.4 Å². The molecule has 0 aliphatic heterocycles. The van der Waals surface area contributed by atoms with Crippen molar-refractivity contribution in [2.45, 2.75) is 18.2 Å². The molecule has 7 heteroatoms. The molecule has 0 saturated carbocycles. The molecule has 106 valence electrons. The van der Waals surface area contributed by atoms with E-state index in [1.54, 1.807) is 24.3 Å². The Morgan fingerprint density at radius 1 is 1.37 bits per heavy atom. The number of sulfonamides is 1. The van der Waals surface area contributed by atoms with Gasteiger partial charge in [-0.05, 0) is 12.0 Å². The van der Waals surface area contributed by atoms with Crippen molar-refractivity contribution < 1.29 is 17.9 Å². The Balaban J connectivity index is 2.74. The van der Waals surface area contributed by atoms with Crippen LogP contribution >= 0.6 is 15.9 Å². The van der Waals surface area contributed by atoms with Crippen molar-refractivity contribution in [1.82, 2.24) is 4.72 Å². The lowest BCUT2D eigenvalue weighted by Crippen LogP contribution is -2.42. The van der Waals surface area contributed by atoms with E-state index < -0.39 is 22.0 Å². The van der Waals surface area contributed by atoms with Crippen LogP contribution in [0.25, 0.3) is 0 Å². The summed E-state index contributed by atoms with van der Waals surface area (Å²) in [7, 11) is -2.35. The van der Waals surface area contributed by atoms with Gasteiger partial charge in [-0.3, -0.25) is 4.79 Å². The molecular formula is C12H16BrNO4S. The standard InChI is InChI=1S/C12H16BrNO4S/c1-18-12(15)11(7-8-13)14-19(16,17)9-10-5-3-2-4-6-10/h2-6,11,14H,7-9H2,1H3/t11-/m1/s1. The van der Waals surface area contributed by atoms with Gasteiger partial charge in [0.15, 0.2) is 0 Å². The van der Waals surface area contributed by atoms with Crippen LogP contribution in [0.2, 0.25) is 0 Å². The van der Waals surface area contributed by atoms with Crippen molar-refractivity contribution in [2.75, 3.05) is 12.4 Å². The highest BCUT2D eigenvalue weighted by Gasteiger charge is 2.24. The molecule has 1 rings (SSSR count). The summed E-state index contributed by atoms with van der Waals surface area (Å²) in [5.74, 6) is -0.750. The number of hydrogen-bond donors (Lipinski definition) is 1. The molecule has 0 heterocycles. The Morgan fingerprint density at radius 2 is 2.00 bits per heavy atom. The van der Waals surface area contributed by atoms with Crippen LogP contribution in [0.4, 0.5) is 0 Å². The smallest absolute Gasteiger partial charge is 0.323 e. The fourth-order valence-corrected chi connectivity index (χ4v) is 3.35. The Bertz CT molecular complexity index is 504. The molecule has 0 bridgehead atoms. The maximum Gasteiger partial charge on any atom is 0.323 e. The van der Waals surface area contributed by atoms with E-state index in [1.807, 2.05) is 6.07 Å². The van der Waals surface area contributed by atoms with Gasteiger partial charge in [0.1, 0.15) is 6.04 Å². The maximum absolute atomic E-state index is 12.0. The topological polar surface area (TPSA) is 72.5 Å². The van der Waals surface area contributed by atoms with Crippen LogP contribution in [0.5, 0.6) is 0 Å². The van der Waals surface area contributed by atoms with Crippen LogP contribution in [0.3, 0.4) is 0 Å². The molecule has 0 amide bonds. The number of nitrogens with one attached hydrogen (secondary N) is 1. The third-order valence-corrected chi connectivity index (χ3v) is 4.22. The summed E-state index contributed by atoms with van der Waals surface area (Å²) in [6, 6.07) is 7.92. The minimum atomic E-state index is -3.58. The fraction of sp³-hybridized carbons (Fsp3) is 0.417. The summed E-state index contributed by atoms with van der Waals surface area (Å²) in [6.07, 6.45) is 0.334. The quantitative estimate of drug-likeness (QED) is 0.597.